The van der Waals surface area contributed by atoms with Gasteiger partial charge < -0.3 is 9.57 Å². The number of methoxy groups -OCH3 is 1. The first-order chi connectivity index (χ1) is 10.5. The van der Waals surface area contributed by atoms with Crippen molar-refractivity contribution in [1.29, 1.82) is 0 Å². The van der Waals surface area contributed by atoms with Crippen LogP contribution in [0.1, 0.15) is 26.4 Å². The molecule has 0 saturated heterocycles. The molecule has 6 nitrogen and oxygen atoms in total. The lowest BCUT2D eigenvalue weighted by Gasteiger charge is -2.12. The zero-order valence-electron chi connectivity index (χ0n) is 11.6. The van der Waals surface area contributed by atoms with Gasteiger partial charge in [-0.1, -0.05) is 30.3 Å². The number of hydrogen-bond donors (Lipinski definition) is 0. The molecule has 0 aliphatic carbocycles. The summed E-state index contributed by atoms with van der Waals surface area (Å²) in [5.41, 5.74) is -0.451. The number of nitrogens with zero attached hydrogens (tertiary/aromatic N) is 1. The topological polar surface area (TPSA) is 74.6 Å². The molecule has 0 unspecified atom stereocenters. The first-order valence-corrected chi connectivity index (χ1v) is 6.64. The fourth-order valence-electron chi connectivity index (χ4n) is 1.77. The zero-order chi connectivity index (χ0) is 16.1. The van der Waals surface area contributed by atoms with Crippen molar-refractivity contribution in [3.8, 4) is 0 Å². The van der Waals surface area contributed by atoms with Crippen molar-refractivity contribution in [3.63, 3.8) is 0 Å². The zero-order valence-corrected chi connectivity index (χ0v) is 12.4. The summed E-state index contributed by atoms with van der Waals surface area (Å²) in [5, 5.41) is -0.874. The summed E-state index contributed by atoms with van der Waals surface area (Å²) < 4.78 is 5.21. The smallest absolute Gasteiger partial charge is 0.343 e. The molecule has 22 heavy (non-hydrogen) atoms. The number of benzene rings is 1. The van der Waals surface area contributed by atoms with Crippen LogP contribution in [0.2, 0.25) is 0 Å². The molecule has 2 aromatic rings. The molecular weight excluding hydrogens is 310 g/mol. The standard InChI is InChI=1S/C15H12ClNO5/c1-21-15(20)11-7-8-12(13(16)18)17(14(11)19)22-9-10-5-3-2-4-6-10/h2-8H,9H2,1H3. The number of carbonyl (C=O) groups excluding carboxylic acids is 2. The molecule has 114 valence electrons. The molecule has 1 heterocycles. The van der Waals surface area contributed by atoms with Crippen LogP contribution < -0.4 is 10.4 Å². The van der Waals surface area contributed by atoms with E-state index in [4.69, 9.17) is 16.4 Å². The Kier molecular flexibility index (Phi) is 4.95. The third kappa shape index (κ3) is 3.35. The van der Waals surface area contributed by atoms with Crippen molar-refractivity contribution in [1.82, 2.24) is 4.73 Å². The number of ether oxygens (including phenoxy) is 1. The third-order valence-corrected chi connectivity index (χ3v) is 3.04. The van der Waals surface area contributed by atoms with Gasteiger partial charge in [0.1, 0.15) is 17.9 Å². The highest BCUT2D eigenvalue weighted by Crippen LogP contribution is 2.06. The van der Waals surface area contributed by atoms with E-state index in [1.807, 2.05) is 6.07 Å². The highest BCUT2D eigenvalue weighted by molar-refractivity contribution is 6.67. The van der Waals surface area contributed by atoms with E-state index >= 15 is 0 Å². The van der Waals surface area contributed by atoms with Crippen molar-refractivity contribution in [3.05, 3.63) is 69.6 Å². The lowest BCUT2D eigenvalue weighted by molar-refractivity contribution is 0.0570. The van der Waals surface area contributed by atoms with Gasteiger partial charge in [-0.3, -0.25) is 9.59 Å². The van der Waals surface area contributed by atoms with Crippen molar-refractivity contribution in [2.24, 2.45) is 0 Å². The average molecular weight is 322 g/mol. The normalized spacial score (nSPS) is 10.1. The molecule has 1 aromatic carbocycles. The van der Waals surface area contributed by atoms with Crippen molar-refractivity contribution >= 4 is 22.8 Å². The minimum Gasteiger partial charge on any atom is -0.465 e. The summed E-state index contributed by atoms with van der Waals surface area (Å²) in [6.45, 7) is 0.0303. The molecule has 7 heteroatoms. The van der Waals surface area contributed by atoms with Gasteiger partial charge in [-0.05, 0) is 29.3 Å². The first-order valence-electron chi connectivity index (χ1n) is 6.26. The van der Waals surface area contributed by atoms with Gasteiger partial charge in [-0.2, -0.15) is 0 Å². The second kappa shape index (κ2) is 6.91. The molecule has 0 fully saturated rings. The molecule has 0 amide bonds. The van der Waals surface area contributed by atoms with E-state index in [0.717, 1.165) is 12.7 Å². The van der Waals surface area contributed by atoms with Crippen LogP contribution in [0, 0.1) is 0 Å². The van der Waals surface area contributed by atoms with Gasteiger partial charge in [-0.25, -0.2) is 4.79 Å². The molecule has 0 spiro atoms. The minimum atomic E-state index is -0.874. The van der Waals surface area contributed by atoms with Crippen LogP contribution in [0.5, 0.6) is 0 Å². The quantitative estimate of drug-likeness (QED) is 0.618. The lowest BCUT2D eigenvalue weighted by atomic mass is 10.2. The molecule has 2 rings (SSSR count). The molecule has 1 aromatic heterocycles. The largest absolute Gasteiger partial charge is 0.465 e. The summed E-state index contributed by atoms with van der Waals surface area (Å²) >= 11 is 5.43. The second-order valence-corrected chi connectivity index (χ2v) is 4.60. The second-order valence-electron chi connectivity index (χ2n) is 4.26. The molecular formula is C15H12ClNO5. The van der Waals surface area contributed by atoms with Crippen LogP contribution in [0.25, 0.3) is 0 Å². The monoisotopic (exact) mass is 321 g/mol. The highest BCUT2D eigenvalue weighted by Gasteiger charge is 2.19. The van der Waals surface area contributed by atoms with Crippen LogP contribution in [0.15, 0.2) is 47.3 Å². The van der Waals surface area contributed by atoms with Crippen LogP contribution >= 0.6 is 11.6 Å². The summed E-state index contributed by atoms with van der Waals surface area (Å²) in [5.74, 6) is -0.823. The predicted molar refractivity (Wildman–Crippen MR) is 79.0 cm³/mol. The molecule has 0 atom stereocenters. The molecule has 0 N–H and O–H groups in total. The molecule has 0 aliphatic heterocycles. The van der Waals surface area contributed by atoms with Gasteiger partial charge in [0.15, 0.2) is 0 Å². The van der Waals surface area contributed by atoms with E-state index in [0.29, 0.717) is 4.73 Å². The van der Waals surface area contributed by atoms with Crippen LogP contribution in [0.4, 0.5) is 0 Å². The Morgan fingerprint density at radius 3 is 2.41 bits per heavy atom. The molecule has 0 saturated carbocycles. The maximum Gasteiger partial charge on any atom is 0.343 e. The van der Waals surface area contributed by atoms with Crippen LogP contribution in [-0.4, -0.2) is 23.1 Å². The van der Waals surface area contributed by atoms with Crippen molar-refractivity contribution in [2.45, 2.75) is 6.61 Å². The Bertz CT molecular complexity index is 754. The Hall–Kier alpha value is -2.60. The summed E-state index contributed by atoms with van der Waals surface area (Å²) in [7, 11) is 1.15. The van der Waals surface area contributed by atoms with Gasteiger partial charge in [0.25, 0.3) is 10.8 Å². The fraction of sp³-hybridized carbons (Fsp3) is 0.133. The van der Waals surface area contributed by atoms with Gasteiger partial charge in [0.05, 0.1) is 7.11 Å². The first kappa shape index (κ1) is 15.8. The summed E-state index contributed by atoms with van der Waals surface area (Å²) in [6, 6.07) is 11.4. The van der Waals surface area contributed by atoms with E-state index in [9.17, 15) is 14.4 Å². The number of halogens is 1. The lowest BCUT2D eigenvalue weighted by Crippen LogP contribution is -2.34. The summed E-state index contributed by atoms with van der Waals surface area (Å²) in [6.07, 6.45) is 0. The predicted octanol–water partition coefficient (Wildman–Crippen LogP) is 1.64. The number of carbonyl (C=O) groups is 2. The van der Waals surface area contributed by atoms with Gasteiger partial charge in [0.2, 0.25) is 0 Å². The van der Waals surface area contributed by atoms with E-state index in [1.54, 1.807) is 24.3 Å². The van der Waals surface area contributed by atoms with Crippen LogP contribution in [0.3, 0.4) is 0 Å². The number of hydrogen-bond acceptors (Lipinski definition) is 5. The van der Waals surface area contributed by atoms with E-state index < -0.39 is 16.8 Å². The Morgan fingerprint density at radius 1 is 1.14 bits per heavy atom. The van der Waals surface area contributed by atoms with Crippen LogP contribution in [-0.2, 0) is 11.3 Å². The molecule has 0 aliphatic rings. The van der Waals surface area contributed by atoms with E-state index in [-0.39, 0.29) is 17.9 Å². The number of rotatable bonds is 5. The minimum absolute atomic E-state index is 0.0303. The maximum absolute atomic E-state index is 12.2. The number of pyridine rings is 1. The van der Waals surface area contributed by atoms with Gasteiger partial charge in [0, 0.05) is 0 Å². The fourth-order valence-corrected chi connectivity index (χ4v) is 1.91. The molecule has 0 radical (unpaired) electrons. The highest BCUT2D eigenvalue weighted by atomic mass is 35.5. The van der Waals surface area contributed by atoms with Crippen molar-refractivity contribution in [2.75, 3.05) is 7.11 Å². The van der Waals surface area contributed by atoms with E-state index in [2.05, 4.69) is 4.74 Å². The summed E-state index contributed by atoms with van der Waals surface area (Å²) in [4.78, 5) is 40.5. The average Bonchev–Trinajstić information content (AvgIpc) is 2.53. The number of esters is 1. The Labute approximate surface area is 130 Å². The van der Waals surface area contributed by atoms with Gasteiger partial charge >= 0.3 is 5.97 Å². The maximum atomic E-state index is 12.2. The van der Waals surface area contributed by atoms with Gasteiger partial charge in [-0.15, -0.1) is 4.73 Å². The molecule has 0 bridgehead atoms. The van der Waals surface area contributed by atoms with Crippen molar-refractivity contribution < 1.29 is 19.2 Å². The van der Waals surface area contributed by atoms with E-state index in [1.165, 1.54) is 12.1 Å². The SMILES string of the molecule is COC(=O)c1ccc(C(=O)Cl)n(OCc2ccccc2)c1=O. The third-order valence-electron chi connectivity index (χ3n) is 2.85. The number of aromatic nitrogens is 1. The Balaban J connectivity index is 2.40. The Morgan fingerprint density at radius 2 is 1.82 bits per heavy atom.